The van der Waals surface area contributed by atoms with Crippen molar-refractivity contribution in [3.63, 3.8) is 0 Å². The summed E-state index contributed by atoms with van der Waals surface area (Å²) in [5.74, 6) is 0.199. The maximum atomic E-state index is 13.3. The fourth-order valence-corrected chi connectivity index (χ4v) is 3.78. The summed E-state index contributed by atoms with van der Waals surface area (Å²) in [5, 5.41) is 4.27. The number of carbonyl (C=O) groups is 1. The number of nitrogens with one attached hydrogen (secondary N) is 1. The summed E-state index contributed by atoms with van der Waals surface area (Å²) in [4.78, 5) is 19.6. The zero-order valence-electron chi connectivity index (χ0n) is 16.2. The summed E-state index contributed by atoms with van der Waals surface area (Å²) in [5.41, 5.74) is 3.88. The van der Waals surface area contributed by atoms with E-state index in [-0.39, 0.29) is 11.7 Å². The van der Waals surface area contributed by atoms with E-state index in [0.717, 1.165) is 53.8 Å². The van der Waals surface area contributed by atoms with Crippen LogP contribution in [-0.2, 0) is 0 Å². The molecule has 1 amide bonds. The molecule has 4 nitrogen and oxygen atoms in total. The first-order valence-electron chi connectivity index (χ1n) is 9.73. The molecule has 0 unspecified atom stereocenters. The Balaban J connectivity index is 1.74. The molecule has 144 valence electrons. The number of aromatic nitrogens is 1. The Morgan fingerprint density at radius 3 is 2.71 bits per heavy atom. The fraction of sp³-hybridized carbons (Fsp3) is 0.304. The average Bonchev–Trinajstić information content (AvgIpc) is 2.69. The number of rotatable bonds is 3. The van der Waals surface area contributed by atoms with E-state index in [1.807, 2.05) is 36.1 Å². The van der Waals surface area contributed by atoms with Gasteiger partial charge >= 0.3 is 0 Å². The lowest BCUT2D eigenvalue weighted by atomic mass is 10.00. The number of nitrogens with zero attached hydrogens (tertiary/aromatic N) is 2. The number of likely N-dealkylation sites (tertiary alicyclic amines) is 1. The highest BCUT2D eigenvalue weighted by atomic mass is 19.1. The highest BCUT2D eigenvalue weighted by Crippen LogP contribution is 2.29. The quantitative estimate of drug-likeness (QED) is 0.674. The van der Waals surface area contributed by atoms with Gasteiger partial charge in [-0.15, -0.1) is 0 Å². The highest BCUT2D eigenvalue weighted by Gasteiger charge is 2.24. The van der Waals surface area contributed by atoms with Gasteiger partial charge in [0, 0.05) is 24.2 Å². The van der Waals surface area contributed by atoms with Crippen molar-refractivity contribution in [3.8, 4) is 0 Å². The predicted octanol–water partition coefficient (Wildman–Crippen LogP) is 5.30. The van der Waals surface area contributed by atoms with E-state index in [2.05, 4.69) is 17.2 Å². The molecule has 1 aromatic heterocycles. The van der Waals surface area contributed by atoms with Crippen LogP contribution in [0.3, 0.4) is 0 Å². The van der Waals surface area contributed by atoms with E-state index in [9.17, 15) is 9.18 Å². The molecule has 0 bridgehead atoms. The molecule has 0 radical (unpaired) electrons. The molecule has 1 aliphatic rings. The van der Waals surface area contributed by atoms with Crippen molar-refractivity contribution in [3.05, 3.63) is 65.6 Å². The summed E-state index contributed by atoms with van der Waals surface area (Å²) in [6.45, 7) is 5.75. The summed E-state index contributed by atoms with van der Waals surface area (Å²) in [7, 11) is 0. The second kappa shape index (κ2) is 7.58. The second-order valence-electron chi connectivity index (χ2n) is 7.71. The van der Waals surface area contributed by atoms with Crippen LogP contribution in [0.4, 0.5) is 15.8 Å². The van der Waals surface area contributed by atoms with Crippen molar-refractivity contribution < 1.29 is 9.18 Å². The molecule has 5 heteroatoms. The smallest absolute Gasteiger partial charge is 0.272 e. The predicted molar refractivity (Wildman–Crippen MR) is 110 cm³/mol. The Bertz CT molecular complexity index is 1020. The Hall–Kier alpha value is -2.95. The van der Waals surface area contributed by atoms with Crippen molar-refractivity contribution in [2.75, 3.05) is 18.4 Å². The van der Waals surface area contributed by atoms with E-state index >= 15 is 0 Å². The highest BCUT2D eigenvalue weighted by molar-refractivity contribution is 6.00. The van der Waals surface area contributed by atoms with E-state index in [1.165, 1.54) is 12.1 Å². The van der Waals surface area contributed by atoms with Gasteiger partial charge in [0.05, 0.1) is 11.2 Å². The van der Waals surface area contributed by atoms with Crippen molar-refractivity contribution in [1.29, 1.82) is 0 Å². The summed E-state index contributed by atoms with van der Waals surface area (Å²) >= 11 is 0. The monoisotopic (exact) mass is 377 g/mol. The number of hydrogen-bond acceptors (Lipinski definition) is 3. The van der Waals surface area contributed by atoms with Gasteiger partial charge in [-0.25, -0.2) is 9.37 Å². The number of pyridine rings is 1. The number of amides is 1. The van der Waals surface area contributed by atoms with Crippen LogP contribution in [0.15, 0.2) is 48.5 Å². The first-order valence-corrected chi connectivity index (χ1v) is 9.73. The molecule has 3 aromatic rings. The topological polar surface area (TPSA) is 45.2 Å². The first kappa shape index (κ1) is 18.4. The number of aryl methyl sites for hydroxylation is 1. The van der Waals surface area contributed by atoms with Gasteiger partial charge in [0.1, 0.15) is 11.5 Å². The van der Waals surface area contributed by atoms with Crippen LogP contribution in [-0.4, -0.2) is 28.9 Å². The molecule has 1 saturated heterocycles. The van der Waals surface area contributed by atoms with Gasteiger partial charge in [0.25, 0.3) is 5.91 Å². The molecular formula is C23H24FN3O. The normalized spacial score (nSPS) is 17.0. The third-order valence-electron chi connectivity index (χ3n) is 5.25. The Labute approximate surface area is 164 Å². The molecule has 28 heavy (non-hydrogen) atoms. The van der Waals surface area contributed by atoms with Gasteiger partial charge in [0.15, 0.2) is 0 Å². The fourth-order valence-electron chi connectivity index (χ4n) is 3.78. The lowest BCUT2D eigenvalue weighted by molar-refractivity contribution is 0.0677. The number of halogens is 1. The molecule has 1 aliphatic heterocycles. The van der Waals surface area contributed by atoms with Crippen molar-refractivity contribution in [2.45, 2.75) is 26.7 Å². The first-order chi connectivity index (χ1) is 13.5. The minimum atomic E-state index is -0.281. The lowest BCUT2D eigenvalue weighted by Gasteiger charge is -2.30. The van der Waals surface area contributed by atoms with Crippen LogP contribution in [0.5, 0.6) is 0 Å². The maximum Gasteiger partial charge on any atom is 0.272 e. The Morgan fingerprint density at radius 2 is 1.96 bits per heavy atom. The zero-order valence-corrected chi connectivity index (χ0v) is 16.2. The van der Waals surface area contributed by atoms with Gasteiger partial charge < -0.3 is 10.2 Å². The van der Waals surface area contributed by atoms with Gasteiger partial charge in [-0.2, -0.15) is 0 Å². The van der Waals surface area contributed by atoms with Crippen LogP contribution < -0.4 is 5.32 Å². The molecule has 1 fully saturated rings. The van der Waals surface area contributed by atoms with E-state index in [4.69, 9.17) is 0 Å². The molecular weight excluding hydrogens is 353 g/mol. The molecule has 0 spiro atoms. The summed E-state index contributed by atoms with van der Waals surface area (Å²) in [6, 6.07) is 14.0. The maximum absolute atomic E-state index is 13.3. The standard InChI is InChI=1S/C23H24FN3O/c1-15-5-10-20-19(12-15)21(25-18-8-6-17(24)7-9-18)13-22(26-20)23(28)27-11-3-4-16(2)14-27/h5-10,12-13,16H,3-4,11,14H2,1-2H3,(H,25,26)/t16-/m0/s1. The van der Waals surface area contributed by atoms with Crippen molar-refractivity contribution in [2.24, 2.45) is 5.92 Å². The lowest BCUT2D eigenvalue weighted by Crippen LogP contribution is -2.39. The second-order valence-corrected chi connectivity index (χ2v) is 7.71. The van der Waals surface area contributed by atoms with Gasteiger partial charge in [-0.3, -0.25) is 4.79 Å². The van der Waals surface area contributed by atoms with Crippen LogP contribution in [0.2, 0.25) is 0 Å². The van der Waals surface area contributed by atoms with Gasteiger partial charge in [-0.1, -0.05) is 18.6 Å². The Morgan fingerprint density at radius 1 is 1.18 bits per heavy atom. The number of carbonyl (C=O) groups excluding carboxylic acids is 1. The van der Waals surface area contributed by atoms with Crippen molar-refractivity contribution >= 4 is 28.2 Å². The molecule has 4 rings (SSSR count). The number of fused-ring (bicyclic) bond motifs is 1. The van der Waals surface area contributed by atoms with Crippen LogP contribution in [0.1, 0.15) is 35.8 Å². The average molecular weight is 377 g/mol. The van der Waals surface area contributed by atoms with E-state index in [0.29, 0.717) is 11.6 Å². The number of hydrogen-bond donors (Lipinski definition) is 1. The number of anilines is 2. The molecule has 1 atom stereocenters. The molecule has 0 saturated carbocycles. The Kier molecular flexibility index (Phi) is 4.99. The van der Waals surface area contributed by atoms with Gasteiger partial charge in [0.2, 0.25) is 0 Å². The largest absolute Gasteiger partial charge is 0.355 e. The van der Waals surface area contributed by atoms with Crippen LogP contribution in [0, 0.1) is 18.7 Å². The molecule has 1 N–H and O–H groups in total. The SMILES string of the molecule is Cc1ccc2nc(C(=O)N3CCC[C@H](C)C3)cc(Nc3ccc(F)cc3)c2c1. The minimum absolute atomic E-state index is 0.0313. The van der Waals surface area contributed by atoms with Crippen LogP contribution >= 0.6 is 0 Å². The van der Waals surface area contributed by atoms with Crippen molar-refractivity contribution in [1.82, 2.24) is 9.88 Å². The molecule has 0 aliphatic carbocycles. The zero-order chi connectivity index (χ0) is 19.7. The van der Waals surface area contributed by atoms with E-state index in [1.54, 1.807) is 12.1 Å². The summed E-state index contributed by atoms with van der Waals surface area (Å²) in [6.07, 6.45) is 2.19. The number of benzene rings is 2. The molecule has 2 heterocycles. The van der Waals surface area contributed by atoms with Gasteiger partial charge in [-0.05, 0) is 68.1 Å². The third-order valence-corrected chi connectivity index (χ3v) is 5.25. The third kappa shape index (κ3) is 3.84. The summed E-state index contributed by atoms with van der Waals surface area (Å²) < 4.78 is 13.3. The van der Waals surface area contributed by atoms with Crippen LogP contribution in [0.25, 0.3) is 10.9 Å². The van der Waals surface area contributed by atoms with E-state index < -0.39 is 0 Å². The molecule has 2 aromatic carbocycles. The number of piperidine rings is 1. The minimum Gasteiger partial charge on any atom is -0.355 e.